The second-order valence-electron chi connectivity index (χ2n) is 6.11. The SMILES string of the molecule is Cc1cccc(C)c1C(=O)NCC(=O)N1CCC[C@H]1C(=O)NCC=O. The lowest BCUT2D eigenvalue weighted by Gasteiger charge is -2.24. The largest absolute Gasteiger partial charge is 0.348 e. The van der Waals surface area contributed by atoms with Crippen LogP contribution in [0, 0.1) is 13.8 Å². The molecule has 1 atom stereocenters. The zero-order valence-corrected chi connectivity index (χ0v) is 14.5. The quantitative estimate of drug-likeness (QED) is 0.727. The van der Waals surface area contributed by atoms with Gasteiger partial charge in [0.25, 0.3) is 5.91 Å². The summed E-state index contributed by atoms with van der Waals surface area (Å²) in [5.41, 5.74) is 2.26. The number of aryl methyl sites for hydroxylation is 2. The first-order chi connectivity index (χ1) is 12.0. The molecule has 0 spiro atoms. The molecular formula is C18H23N3O4. The summed E-state index contributed by atoms with van der Waals surface area (Å²) in [7, 11) is 0. The van der Waals surface area contributed by atoms with Gasteiger partial charge in [-0.3, -0.25) is 14.4 Å². The van der Waals surface area contributed by atoms with Gasteiger partial charge in [-0.15, -0.1) is 0 Å². The van der Waals surface area contributed by atoms with Gasteiger partial charge in [0.1, 0.15) is 12.3 Å². The van der Waals surface area contributed by atoms with Crippen molar-refractivity contribution in [2.45, 2.75) is 32.7 Å². The van der Waals surface area contributed by atoms with Crippen molar-refractivity contribution in [2.75, 3.05) is 19.6 Å². The van der Waals surface area contributed by atoms with Crippen LogP contribution in [0.5, 0.6) is 0 Å². The molecule has 1 aromatic rings. The van der Waals surface area contributed by atoms with Crippen LogP contribution in [0.3, 0.4) is 0 Å². The zero-order valence-electron chi connectivity index (χ0n) is 14.5. The molecule has 3 amide bonds. The molecule has 0 radical (unpaired) electrons. The number of carbonyl (C=O) groups is 4. The fourth-order valence-electron chi connectivity index (χ4n) is 3.12. The van der Waals surface area contributed by atoms with Gasteiger partial charge in [-0.1, -0.05) is 18.2 Å². The molecule has 2 N–H and O–H groups in total. The van der Waals surface area contributed by atoms with E-state index in [0.717, 1.165) is 17.5 Å². The molecule has 1 aliphatic rings. The lowest BCUT2D eigenvalue weighted by Crippen LogP contribution is -2.49. The van der Waals surface area contributed by atoms with Crippen molar-refractivity contribution in [1.29, 1.82) is 0 Å². The highest BCUT2D eigenvalue weighted by Gasteiger charge is 2.33. The van der Waals surface area contributed by atoms with E-state index in [1.165, 1.54) is 4.90 Å². The van der Waals surface area contributed by atoms with Crippen molar-refractivity contribution in [1.82, 2.24) is 15.5 Å². The summed E-state index contributed by atoms with van der Waals surface area (Å²) in [5.74, 6) is -0.938. The lowest BCUT2D eigenvalue weighted by molar-refractivity contribution is -0.137. The summed E-state index contributed by atoms with van der Waals surface area (Å²) in [6, 6.07) is 4.98. The second-order valence-corrected chi connectivity index (χ2v) is 6.11. The van der Waals surface area contributed by atoms with E-state index in [-0.39, 0.29) is 30.8 Å². The maximum Gasteiger partial charge on any atom is 0.252 e. The first-order valence-electron chi connectivity index (χ1n) is 8.31. The van der Waals surface area contributed by atoms with Crippen molar-refractivity contribution in [3.05, 3.63) is 34.9 Å². The highest BCUT2D eigenvalue weighted by Crippen LogP contribution is 2.17. The third kappa shape index (κ3) is 4.43. The van der Waals surface area contributed by atoms with E-state index in [2.05, 4.69) is 10.6 Å². The zero-order chi connectivity index (χ0) is 18.4. The van der Waals surface area contributed by atoms with Gasteiger partial charge in [-0.2, -0.15) is 0 Å². The van der Waals surface area contributed by atoms with Crippen LogP contribution in [-0.2, 0) is 14.4 Å². The Morgan fingerprint density at radius 3 is 2.52 bits per heavy atom. The summed E-state index contributed by atoms with van der Waals surface area (Å²) >= 11 is 0. The summed E-state index contributed by atoms with van der Waals surface area (Å²) in [5, 5.41) is 5.12. The third-order valence-corrected chi connectivity index (χ3v) is 4.34. The van der Waals surface area contributed by atoms with Gasteiger partial charge < -0.3 is 20.3 Å². The van der Waals surface area contributed by atoms with Gasteiger partial charge in [-0.25, -0.2) is 0 Å². The van der Waals surface area contributed by atoms with E-state index in [1.54, 1.807) is 0 Å². The van der Waals surface area contributed by atoms with E-state index in [4.69, 9.17) is 0 Å². The smallest absolute Gasteiger partial charge is 0.252 e. The highest BCUT2D eigenvalue weighted by molar-refractivity contribution is 5.99. The number of benzene rings is 1. The van der Waals surface area contributed by atoms with Gasteiger partial charge >= 0.3 is 0 Å². The van der Waals surface area contributed by atoms with Crippen LogP contribution in [0.15, 0.2) is 18.2 Å². The molecule has 1 fully saturated rings. The minimum atomic E-state index is -0.579. The van der Waals surface area contributed by atoms with Crippen LogP contribution in [0.1, 0.15) is 34.3 Å². The van der Waals surface area contributed by atoms with Gasteiger partial charge in [0.2, 0.25) is 11.8 Å². The van der Waals surface area contributed by atoms with Gasteiger partial charge in [0.15, 0.2) is 0 Å². The normalized spacial score (nSPS) is 16.4. The standard InChI is InChI=1S/C18H23N3O4/c1-12-5-3-6-13(2)16(12)18(25)20-11-15(23)21-9-4-7-14(21)17(24)19-8-10-22/h3,5-6,10,14H,4,7-9,11H2,1-2H3,(H,19,24)(H,20,25)/t14-/m0/s1. The van der Waals surface area contributed by atoms with Crippen LogP contribution in [0.2, 0.25) is 0 Å². The Hall–Kier alpha value is -2.70. The number of amides is 3. The van der Waals surface area contributed by atoms with E-state index in [9.17, 15) is 19.2 Å². The third-order valence-electron chi connectivity index (χ3n) is 4.34. The Morgan fingerprint density at radius 1 is 1.20 bits per heavy atom. The molecule has 7 heteroatoms. The van der Waals surface area contributed by atoms with Gasteiger partial charge in [0, 0.05) is 12.1 Å². The molecule has 0 bridgehead atoms. The molecular weight excluding hydrogens is 322 g/mol. The highest BCUT2D eigenvalue weighted by atomic mass is 16.2. The van der Waals surface area contributed by atoms with Crippen molar-refractivity contribution >= 4 is 24.0 Å². The van der Waals surface area contributed by atoms with Crippen LogP contribution < -0.4 is 10.6 Å². The van der Waals surface area contributed by atoms with E-state index in [1.807, 2.05) is 32.0 Å². The molecule has 1 heterocycles. The number of aldehydes is 1. The fraction of sp³-hybridized carbons (Fsp3) is 0.444. The minimum absolute atomic E-state index is 0.0688. The maximum absolute atomic E-state index is 12.4. The lowest BCUT2D eigenvalue weighted by atomic mass is 10.0. The van der Waals surface area contributed by atoms with Crippen molar-refractivity contribution in [3.63, 3.8) is 0 Å². The molecule has 0 saturated carbocycles. The average Bonchev–Trinajstić information content (AvgIpc) is 3.07. The molecule has 7 nitrogen and oxygen atoms in total. The Labute approximate surface area is 146 Å². The molecule has 1 aromatic carbocycles. The molecule has 1 aliphatic heterocycles. The summed E-state index contributed by atoms with van der Waals surface area (Å²) < 4.78 is 0. The number of carbonyl (C=O) groups excluding carboxylic acids is 4. The Bertz CT molecular complexity index is 667. The molecule has 0 aliphatic carbocycles. The summed E-state index contributed by atoms with van der Waals surface area (Å²) in [6.45, 7) is 3.93. The number of likely N-dealkylation sites (tertiary alicyclic amines) is 1. The predicted octanol–water partition coefficient (Wildman–Crippen LogP) is 0.339. The summed E-state index contributed by atoms with van der Waals surface area (Å²) in [4.78, 5) is 48.6. The molecule has 2 rings (SSSR count). The Morgan fingerprint density at radius 2 is 1.88 bits per heavy atom. The number of hydrogen-bond donors (Lipinski definition) is 2. The van der Waals surface area contributed by atoms with Crippen LogP contribution in [0.25, 0.3) is 0 Å². The van der Waals surface area contributed by atoms with Crippen LogP contribution >= 0.6 is 0 Å². The fourth-order valence-corrected chi connectivity index (χ4v) is 3.12. The van der Waals surface area contributed by atoms with E-state index >= 15 is 0 Å². The molecule has 0 unspecified atom stereocenters. The van der Waals surface area contributed by atoms with Gasteiger partial charge in [0.05, 0.1) is 13.1 Å². The van der Waals surface area contributed by atoms with Crippen molar-refractivity contribution in [2.24, 2.45) is 0 Å². The first-order valence-corrected chi connectivity index (χ1v) is 8.31. The van der Waals surface area contributed by atoms with Crippen molar-refractivity contribution in [3.8, 4) is 0 Å². The predicted molar refractivity (Wildman–Crippen MR) is 92.1 cm³/mol. The topological polar surface area (TPSA) is 95.6 Å². The maximum atomic E-state index is 12.4. The molecule has 0 aromatic heterocycles. The number of hydrogen-bond acceptors (Lipinski definition) is 4. The molecule has 134 valence electrons. The summed E-state index contributed by atoms with van der Waals surface area (Å²) in [6.07, 6.45) is 1.88. The van der Waals surface area contributed by atoms with E-state index in [0.29, 0.717) is 24.8 Å². The van der Waals surface area contributed by atoms with Crippen LogP contribution in [0.4, 0.5) is 0 Å². The number of rotatable bonds is 6. The Kier molecular flexibility index (Phi) is 6.27. The van der Waals surface area contributed by atoms with E-state index < -0.39 is 6.04 Å². The average molecular weight is 345 g/mol. The Balaban J connectivity index is 1.96. The number of nitrogens with one attached hydrogen (secondary N) is 2. The number of nitrogens with zero attached hydrogens (tertiary/aromatic N) is 1. The van der Waals surface area contributed by atoms with Gasteiger partial charge in [-0.05, 0) is 37.8 Å². The first kappa shape index (κ1) is 18.6. The molecule has 25 heavy (non-hydrogen) atoms. The monoisotopic (exact) mass is 345 g/mol. The van der Waals surface area contributed by atoms with Crippen molar-refractivity contribution < 1.29 is 19.2 Å². The minimum Gasteiger partial charge on any atom is -0.348 e. The molecule has 1 saturated heterocycles. The second kappa shape index (κ2) is 8.41. The van der Waals surface area contributed by atoms with Crippen LogP contribution in [-0.4, -0.2) is 54.6 Å².